The number of hydrogen-bond donors (Lipinski definition) is 0. The molecule has 2 aromatic carbocycles. The molecule has 0 N–H and O–H groups in total. The molecule has 0 saturated heterocycles. The second-order valence-electron chi connectivity index (χ2n) is 3.74. The van der Waals surface area contributed by atoms with E-state index in [1.807, 2.05) is 24.3 Å². The third-order valence-corrected chi connectivity index (χ3v) is 4.47. The van der Waals surface area contributed by atoms with E-state index in [9.17, 15) is 13.6 Å². The van der Waals surface area contributed by atoms with Gasteiger partial charge in [-0.05, 0) is 40.2 Å². The zero-order valence-corrected chi connectivity index (χ0v) is 12.1. The summed E-state index contributed by atoms with van der Waals surface area (Å²) in [7, 11) is 0. The van der Waals surface area contributed by atoms with Crippen molar-refractivity contribution in [3.63, 3.8) is 0 Å². The van der Waals surface area contributed by atoms with E-state index in [-0.39, 0.29) is 11.3 Å². The molecule has 2 rings (SSSR count). The molecule has 0 heterocycles. The van der Waals surface area contributed by atoms with Crippen LogP contribution in [0.2, 0.25) is 0 Å². The summed E-state index contributed by atoms with van der Waals surface area (Å²) in [5.74, 6) is -2.46. The fourth-order valence-corrected chi connectivity index (χ4v) is 2.95. The highest BCUT2D eigenvalue weighted by molar-refractivity contribution is 9.10. The van der Waals surface area contributed by atoms with E-state index in [0.717, 1.165) is 15.4 Å². The highest BCUT2D eigenvalue weighted by Gasteiger charge is 2.15. The molecule has 98 valence electrons. The van der Waals surface area contributed by atoms with Gasteiger partial charge in [-0.15, -0.1) is 11.8 Å². The lowest BCUT2D eigenvalue weighted by Crippen LogP contribution is -2.06. The van der Waals surface area contributed by atoms with Gasteiger partial charge in [-0.2, -0.15) is 0 Å². The SMILES string of the molecule is O=C(CSc1ccccc1Br)c1cccc(F)c1F. The normalized spacial score (nSPS) is 10.5. The van der Waals surface area contributed by atoms with Crippen molar-refractivity contribution in [1.29, 1.82) is 0 Å². The molecule has 2 aromatic rings. The topological polar surface area (TPSA) is 17.1 Å². The summed E-state index contributed by atoms with van der Waals surface area (Å²) in [6.07, 6.45) is 0. The summed E-state index contributed by atoms with van der Waals surface area (Å²) in [6, 6.07) is 11.0. The predicted octanol–water partition coefficient (Wildman–Crippen LogP) is 4.70. The van der Waals surface area contributed by atoms with Crippen LogP contribution in [0.15, 0.2) is 51.8 Å². The molecule has 1 nitrogen and oxygen atoms in total. The van der Waals surface area contributed by atoms with Crippen LogP contribution in [0.3, 0.4) is 0 Å². The number of hydrogen-bond acceptors (Lipinski definition) is 2. The minimum atomic E-state index is -1.08. The van der Waals surface area contributed by atoms with Gasteiger partial charge in [-0.25, -0.2) is 8.78 Å². The maximum Gasteiger partial charge on any atom is 0.176 e. The van der Waals surface area contributed by atoms with E-state index < -0.39 is 17.4 Å². The van der Waals surface area contributed by atoms with Gasteiger partial charge in [0, 0.05) is 9.37 Å². The molecule has 0 atom stereocenters. The molecule has 0 aliphatic heterocycles. The van der Waals surface area contributed by atoms with E-state index in [4.69, 9.17) is 0 Å². The van der Waals surface area contributed by atoms with E-state index in [1.165, 1.54) is 23.9 Å². The number of thioether (sulfide) groups is 1. The van der Waals surface area contributed by atoms with Gasteiger partial charge in [-0.3, -0.25) is 4.79 Å². The van der Waals surface area contributed by atoms with Crippen molar-refractivity contribution in [3.8, 4) is 0 Å². The van der Waals surface area contributed by atoms with Crippen molar-refractivity contribution in [3.05, 3.63) is 64.1 Å². The summed E-state index contributed by atoms with van der Waals surface area (Å²) in [5.41, 5.74) is -0.209. The van der Waals surface area contributed by atoms with Gasteiger partial charge < -0.3 is 0 Å². The Morgan fingerprint density at radius 2 is 1.84 bits per heavy atom. The first-order chi connectivity index (χ1) is 9.09. The number of Topliss-reactive ketones (excluding diaryl/α,β-unsaturated/α-hetero) is 1. The average Bonchev–Trinajstić information content (AvgIpc) is 2.40. The van der Waals surface area contributed by atoms with Gasteiger partial charge in [0.25, 0.3) is 0 Å². The van der Waals surface area contributed by atoms with Crippen LogP contribution in [0, 0.1) is 11.6 Å². The summed E-state index contributed by atoms with van der Waals surface area (Å²) in [4.78, 5) is 12.7. The van der Waals surface area contributed by atoms with Gasteiger partial charge >= 0.3 is 0 Å². The van der Waals surface area contributed by atoms with Crippen molar-refractivity contribution < 1.29 is 13.6 Å². The van der Waals surface area contributed by atoms with Crippen LogP contribution >= 0.6 is 27.7 Å². The lowest BCUT2D eigenvalue weighted by Gasteiger charge is -2.05. The van der Waals surface area contributed by atoms with Gasteiger partial charge in [0.05, 0.1) is 11.3 Å². The van der Waals surface area contributed by atoms with Crippen molar-refractivity contribution in [2.45, 2.75) is 4.90 Å². The number of ketones is 1. The Kier molecular flexibility index (Phi) is 4.71. The molecule has 0 saturated carbocycles. The van der Waals surface area contributed by atoms with Gasteiger partial charge in [0.2, 0.25) is 0 Å². The minimum absolute atomic E-state index is 0.0585. The molecule has 0 amide bonds. The van der Waals surface area contributed by atoms with Crippen LogP contribution in [-0.4, -0.2) is 11.5 Å². The Bertz CT molecular complexity index is 616. The monoisotopic (exact) mass is 342 g/mol. The quantitative estimate of drug-likeness (QED) is 0.591. The first-order valence-corrected chi connectivity index (χ1v) is 7.22. The Balaban J connectivity index is 2.10. The smallest absolute Gasteiger partial charge is 0.176 e. The molecule has 5 heteroatoms. The van der Waals surface area contributed by atoms with Crippen molar-refractivity contribution in [2.24, 2.45) is 0 Å². The number of carbonyl (C=O) groups excluding carboxylic acids is 1. The van der Waals surface area contributed by atoms with Crippen molar-refractivity contribution >= 4 is 33.5 Å². The average molecular weight is 343 g/mol. The largest absolute Gasteiger partial charge is 0.293 e. The maximum atomic E-state index is 13.4. The Hall–Kier alpha value is -1.20. The lowest BCUT2D eigenvalue weighted by atomic mass is 10.1. The highest BCUT2D eigenvalue weighted by atomic mass is 79.9. The number of benzene rings is 2. The predicted molar refractivity (Wildman–Crippen MR) is 75.6 cm³/mol. The molecule has 0 aliphatic rings. The third-order valence-electron chi connectivity index (χ3n) is 2.45. The highest BCUT2D eigenvalue weighted by Crippen LogP contribution is 2.27. The molecule has 0 bridgehead atoms. The number of carbonyl (C=O) groups is 1. The summed E-state index contributed by atoms with van der Waals surface area (Å²) in [5, 5.41) is 0. The molecule has 19 heavy (non-hydrogen) atoms. The van der Waals surface area contributed by atoms with Gasteiger partial charge in [0.15, 0.2) is 17.4 Å². The fourth-order valence-electron chi connectivity index (χ4n) is 1.50. The molecular formula is C14H9BrF2OS. The van der Waals surface area contributed by atoms with E-state index in [1.54, 1.807) is 0 Å². The second kappa shape index (κ2) is 6.30. The third kappa shape index (κ3) is 3.42. The van der Waals surface area contributed by atoms with Crippen molar-refractivity contribution in [1.82, 2.24) is 0 Å². The molecule has 0 fully saturated rings. The van der Waals surface area contributed by atoms with Crippen molar-refractivity contribution in [2.75, 3.05) is 5.75 Å². The first-order valence-electron chi connectivity index (χ1n) is 5.44. The standard InChI is InChI=1S/C14H9BrF2OS/c15-10-5-1-2-7-13(10)19-8-12(18)9-4-3-6-11(16)14(9)17/h1-7H,8H2. The number of halogens is 3. The first kappa shape index (κ1) is 14.2. The van der Waals surface area contributed by atoms with Crippen LogP contribution in [0.1, 0.15) is 10.4 Å². The van der Waals surface area contributed by atoms with E-state index in [0.29, 0.717) is 0 Å². The molecule has 0 radical (unpaired) electrons. The van der Waals surface area contributed by atoms with Crippen LogP contribution in [0.25, 0.3) is 0 Å². The number of rotatable bonds is 4. The van der Waals surface area contributed by atoms with Crippen LogP contribution < -0.4 is 0 Å². The van der Waals surface area contributed by atoms with Gasteiger partial charge in [0.1, 0.15) is 0 Å². The van der Waals surface area contributed by atoms with E-state index in [2.05, 4.69) is 15.9 Å². The van der Waals surface area contributed by atoms with Crippen LogP contribution in [-0.2, 0) is 0 Å². The van der Waals surface area contributed by atoms with Crippen LogP contribution in [0.4, 0.5) is 8.78 Å². The lowest BCUT2D eigenvalue weighted by molar-refractivity contribution is 0.101. The zero-order valence-electron chi connectivity index (χ0n) is 9.70. The molecular weight excluding hydrogens is 334 g/mol. The molecule has 0 aromatic heterocycles. The van der Waals surface area contributed by atoms with Gasteiger partial charge in [-0.1, -0.05) is 18.2 Å². The maximum absolute atomic E-state index is 13.4. The summed E-state index contributed by atoms with van der Waals surface area (Å²) >= 11 is 4.64. The summed E-state index contributed by atoms with van der Waals surface area (Å²) in [6.45, 7) is 0. The zero-order chi connectivity index (χ0) is 13.8. The van der Waals surface area contributed by atoms with E-state index >= 15 is 0 Å². The Morgan fingerprint density at radius 1 is 1.11 bits per heavy atom. The molecule has 0 unspecified atom stereocenters. The fraction of sp³-hybridized carbons (Fsp3) is 0.0714. The minimum Gasteiger partial charge on any atom is -0.293 e. The Morgan fingerprint density at radius 3 is 2.58 bits per heavy atom. The second-order valence-corrected chi connectivity index (χ2v) is 5.62. The molecule has 0 spiro atoms. The Labute approximate surface area is 122 Å². The molecule has 0 aliphatic carbocycles. The van der Waals surface area contributed by atoms with Crippen LogP contribution in [0.5, 0.6) is 0 Å². The summed E-state index contributed by atoms with van der Waals surface area (Å²) < 4.78 is 27.3.